The predicted octanol–water partition coefficient (Wildman–Crippen LogP) is 0.243. The molecule has 1 unspecified atom stereocenters. The van der Waals surface area contributed by atoms with Crippen LogP contribution in [-0.2, 0) is 11.3 Å². The minimum Gasteiger partial charge on any atom is -0.352 e. The van der Waals surface area contributed by atoms with Crippen LogP contribution < -0.4 is 10.2 Å². The first-order valence-corrected chi connectivity index (χ1v) is 7.45. The van der Waals surface area contributed by atoms with Crippen molar-refractivity contribution in [1.82, 2.24) is 30.0 Å². The number of nitrogens with zero attached hydrogens (tertiary/aromatic N) is 6. The number of carbonyl (C=O) groups is 1. The van der Waals surface area contributed by atoms with Gasteiger partial charge in [-0.25, -0.2) is 15.0 Å². The fraction of sp³-hybridized carbons (Fsp3) is 0.500. The van der Waals surface area contributed by atoms with Crippen LogP contribution in [0.15, 0.2) is 31.1 Å². The minimum absolute atomic E-state index is 0.0383. The number of hydrogen-bond donors (Lipinski definition) is 1. The summed E-state index contributed by atoms with van der Waals surface area (Å²) in [6.07, 6.45) is 8.97. The summed E-state index contributed by atoms with van der Waals surface area (Å²) in [5.74, 6) is 0.764. The van der Waals surface area contributed by atoms with E-state index in [1.54, 1.807) is 29.5 Å². The first-order valence-electron chi connectivity index (χ1n) is 7.45. The Labute approximate surface area is 128 Å². The molecule has 3 rings (SSSR count). The highest BCUT2D eigenvalue weighted by Crippen LogP contribution is 2.15. The monoisotopic (exact) mass is 301 g/mol. The highest BCUT2D eigenvalue weighted by Gasteiger charge is 2.22. The van der Waals surface area contributed by atoms with Crippen LogP contribution in [0.4, 0.5) is 5.95 Å². The van der Waals surface area contributed by atoms with Crippen molar-refractivity contribution in [3.63, 3.8) is 0 Å². The van der Waals surface area contributed by atoms with Gasteiger partial charge in [-0.1, -0.05) is 0 Å². The summed E-state index contributed by atoms with van der Waals surface area (Å²) in [6, 6.07) is 1.94. The van der Waals surface area contributed by atoms with Crippen molar-refractivity contribution < 1.29 is 4.79 Å². The van der Waals surface area contributed by atoms with Crippen LogP contribution in [0.2, 0.25) is 0 Å². The second kappa shape index (κ2) is 6.97. The molecule has 0 saturated carbocycles. The molecular formula is C14H19N7O. The van der Waals surface area contributed by atoms with E-state index in [9.17, 15) is 4.79 Å². The molecule has 1 aliphatic heterocycles. The SMILES string of the molecule is O=C(CCn1cncn1)NC1CCCN(c2ncccn2)C1. The fourth-order valence-electron chi connectivity index (χ4n) is 2.60. The van der Waals surface area contributed by atoms with Gasteiger partial charge in [0, 0.05) is 37.9 Å². The molecule has 1 saturated heterocycles. The molecule has 0 spiro atoms. The lowest BCUT2D eigenvalue weighted by atomic mass is 10.1. The Morgan fingerprint density at radius 2 is 2.23 bits per heavy atom. The van der Waals surface area contributed by atoms with Gasteiger partial charge in [0.1, 0.15) is 12.7 Å². The second-order valence-corrected chi connectivity index (χ2v) is 5.31. The van der Waals surface area contributed by atoms with E-state index in [1.165, 1.54) is 6.33 Å². The number of nitrogens with one attached hydrogen (secondary N) is 1. The number of aromatic nitrogens is 5. The topological polar surface area (TPSA) is 88.8 Å². The number of carbonyl (C=O) groups excluding carboxylic acids is 1. The van der Waals surface area contributed by atoms with Crippen molar-refractivity contribution >= 4 is 11.9 Å². The van der Waals surface area contributed by atoms with Crippen LogP contribution in [0.25, 0.3) is 0 Å². The lowest BCUT2D eigenvalue weighted by Gasteiger charge is -2.33. The maximum atomic E-state index is 12.0. The number of amides is 1. The standard InChI is InChI=1S/C14H19N7O/c22-13(4-8-21-11-15-10-18-21)19-12-3-1-7-20(9-12)14-16-5-2-6-17-14/h2,5-6,10-12H,1,3-4,7-9H2,(H,19,22). The van der Waals surface area contributed by atoms with Crippen LogP contribution in [0.3, 0.4) is 0 Å². The molecule has 1 amide bonds. The zero-order valence-electron chi connectivity index (χ0n) is 12.3. The Balaban J connectivity index is 1.48. The lowest BCUT2D eigenvalue weighted by Crippen LogP contribution is -2.48. The van der Waals surface area contributed by atoms with E-state index < -0.39 is 0 Å². The fourth-order valence-corrected chi connectivity index (χ4v) is 2.60. The van der Waals surface area contributed by atoms with Crippen molar-refractivity contribution in [2.45, 2.75) is 31.8 Å². The Hall–Kier alpha value is -2.51. The van der Waals surface area contributed by atoms with E-state index in [-0.39, 0.29) is 11.9 Å². The first-order chi connectivity index (χ1) is 10.8. The molecule has 1 N–H and O–H groups in total. The molecule has 0 bridgehead atoms. The van der Waals surface area contributed by atoms with Crippen molar-refractivity contribution in [2.24, 2.45) is 0 Å². The molecular weight excluding hydrogens is 282 g/mol. The third-order valence-electron chi connectivity index (χ3n) is 3.66. The van der Waals surface area contributed by atoms with Gasteiger partial charge in [-0.15, -0.1) is 0 Å². The van der Waals surface area contributed by atoms with Crippen LogP contribution in [0.1, 0.15) is 19.3 Å². The van der Waals surface area contributed by atoms with Crippen molar-refractivity contribution in [3.05, 3.63) is 31.1 Å². The first kappa shape index (κ1) is 14.4. The Bertz CT molecular complexity index is 587. The Morgan fingerprint density at radius 1 is 1.36 bits per heavy atom. The zero-order chi connectivity index (χ0) is 15.2. The van der Waals surface area contributed by atoms with Gasteiger partial charge in [-0.05, 0) is 18.9 Å². The third kappa shape index (κ3) is 3.78. The molecule has 8 nitrogen and oxygen atoms in total. The van der Waals surface area contributed by atoms with Gasteiger partial charge in [0.15, 0.2) is 0 Å². The van der Waals surface area contributed by atoms with Crippen LogP contribution in [0.5, 0.6) is 0 Å². The third-order valence-corrected chi connectivity index (χ3v) is 3.66. The van der Waals surface area contributed by atoms with Gasteiger partial charge < -0.3 is 10.2 Å². The number of anilines is 1. The molecule has 1 atom stereocenters. The highest BCUT2D eigenvalue weighted by atomic mass is 16.1. The largest absolute Gasteiger partial charge is 0.352 e. The van der Waals surface area contributed by atoms with Crippen molar-refractivity contribution in [1.29, 1.82) is 0 Å². The number of rotatable bonds is 5. The second-order valence-electron chi connectivity index (χ2n) is 5.31. The number of piperidine rings is 1. The molecule has 2 aromatic rings. The van der Waals surface area contributed by atoms with E-state index in [0.29, 0.717) is 13.0 Å². The van der Waals surface area contributed by atoms with Gasteiger partial charge in [-0.3, -0.25) is 9.48 Å². The molecule has 0 aliphatic carbocycles. The number of aryl methyl sites for hydroxylation is 1. The van der Waals surface area contributed by atoms with E-state index in [1.807, 2.05) is 0 Å². The normalized spacial score (nSPS) is 18.2. The molecule has 116 valence electrons. The maximum absolute atomic E-state index is 12.0. The van der Waals surface area contributed by atoms with Gasteiger partial charge in [0.05, 0.1) is 6.54 Å². The molecule has 1 aliphatic rings. The molecule has 0 radical (unpaired) electrons. The van der Waals surface area contributed by atoms with Crippen LogP contribution in [0, 0.1) is 0 Å². The summed E-state index contributed by atoms with van der Waals surface area (Å²) in [6.45, 7) is 2.22. The molecule has 3 heterocycles. The van der Waals surface area contributed by atoms with Crippen molar-refractivity contribution in [3.8, 4) is 0 Å². The summed E-state index contributed by atoms with van der Waals surface area (Å²) in [4.78, 5) is 26.5. The van der Waals surface area contributed by atoms with E-state index in [0.717, 1.165) is 31.9 Å². The van der Waals surface area contributed by atoms with E-state index >= 15 is 0 Å². The minimum atomic E-state index is 0.0383. The van der Waals surface area contributed by atoms with Gasteiger partial charge >= 0.3 is 0 Å². The van der Waals surface area contributed by atoms with Crippen LogP contribution in [-0.4, -0.2) is 49.8 Å². The van der Waals surface area contributed by atoms with E-state index in [2.05, 4.69) is 30.3 Å². The highest BCUT2D eigenvalue weighted by molar-refractivity contribution is 5.76. The van der Waals surface area contributed by atoms with Crippen molar-refractivity contribution in [2.75, 3.05) is 18.0 Å². The summed E-state index contributed by atoms with van der Waals surface area (Å²) in [7, 11) is 0. The average molecular weight is 301 g/mol. The molecule has 1 fully saturated rings. The molecule has 22 heavy (non-hydrogen) atoms. The van der Waals surface area contributed by atoms with E-state index in [4.69, 9.17) is 0 Å². The van der Waals surface area contributed by atoms with Gasteiger partial charge in [-0.2, -0.15) is 5.10 Å². The molecule has 8 heteroatoms. The summed E-state index contributed by atoms with van der Waals surface area (Å²) in [5.41, 5.74) is 0. The van der Waals surface area contributed by atoms with Gasteiger partial charge in [0.25, 0.3) is 0 Å². The zero-order valence-corrected chi connectivity index (χ0v) is 12.3. The Morgan fingerprint density at radius 3 is 3.00 bits per heavy atom. The smallest absolute Gasteiger partial charge is 0.225 e. The summed E-state index contributed by atoms with van der Waals surface area (Å²) in [5, 5.41) is 7.07. The quantitative estimate of drug-likeness (QED) is 0.851. The summed E-state index contributed by atoms with van der Waals surface area (Å²) < 4.78 is 1.66. The van der Waals surface area contributed by atoms with Crippen LogP contribution >= 0.6 is 0 Å². The van der Waals surface area contributed by atoms with Gasteiger partial charge in [0.2, 0.25) is 11.9 Å². The average Bonchev–Trinajstić information content (AvgIpc) is 3.08. The Kier molecular flexibility index (Phi) is 4.57. The predicted molar refractivity (Wildman–Crippen MR) is 80.0 cm³/mol. The molecule has 2 aromatic heterocycles. The lowest BCUT2D eigenvalue weighted by molar-refractivity contribution is -0.122. The maximum Gasteiger partial charge on any atom is 0.225 e. The molecule has 0 aromatic carbocycles. The number of hydrogen-bond acceptors (Lipinski definition) is 6. The summed E-state index contributed by atoms with van der Waals surface area (Å²) >= 11 is 0.